The van der Waals surface area contributed by atoms with E-state index in [1.54, 1.807) is 0 Å². The fourth-order valence-electron chi connectivity index (χ4n) is 2.43. The minimum Gasteiger partial charge on any atom is -0.351 e. The Balaban J connectivity index is 2.17. The van der Waals surface area contributed by atoms with Crippen LogP contribution in [0, 0.1) is 11.8 Å². The number of nitrogen functional groups attached to an aromatic ring is 1. The van der Waals surface area contributed by atoms with Crippen LogP contribution in [0.15, 0.2) is 0 Å². The van der Waals surface area contributed by atoms with Gasteiger partial charge in [-0.3, -0.25) is 5.43 Å². The molecular formula is C12H23N7. The molecule has 1 aliphatic rings. The third kappa shape index (κ3) is 3.04. The number of nitrogens with one attached hydrogen (secondary N) is 2. The van der Waals surface area contributed by atoms with E-state index in [2.05, 4.69) is 39.5 Å². The molecule has 0 amide bonds. The van der Waals surface area contributed by atoms with Gasteiger partial charge in [-0.2, -0.15) is 15.0 Å². The summed E-state index contributed by atoms with van der Waals surface area (Å²) in [4.78, 5) is 14.7. The van der Waals surface area contributed by atoms with Gasteiger partial charge in [-0.05, 0) is 24.7 Å². The molecule has 3 atom stereocenters. The second kappa shape index (κ2) is 5.56. The number of hydrazine groups is 1. The van der Waals surface area contributed by atoms with E-state index in [-0.39, 0.29) is 0 Å². The van der Waals surface area contributed by atoms with Crippen LogP contribution >= 0.6 is 0 Å². The van der Waals surface area contributed by atoms with Crippen LogP contribution in [-0.2, 0) is 0 Å². The molecule has 0 saturated heterocycles. The molecule has 7 nitrogen and oxygen atoms in total. The van der Waals surface area contributed by atoms with Crippen LogP contribution in [0.1, 0.15) is 26.7 Å². The van der Waals surface area contributed by atoms with Gasteiger partial charge in [-0.15, -0.1) is 0 Å². The Bertz CT molecular complexity index is 434. The van der Waals surface area contributed by atoms with Crippen LogP contribution in [0.25, 0.3) is 0 Å². The largest absolute Gasteiger partial charge is 0.351 e. The average molecular weight is 265 g/mol. The molecule has 1 saturated carbocycles. The zero-order valence-electron chi connectivity index (χ0n) is 12.0. The van der Waals surface area contributed by atoms with Gasteiger partial charge in [0.2, 0.25) is 17.8 Å². The Morgan fingerprint density at radius 2 is 1.79 bits per heavy atom. The van der Waals surface area contributed by atoms with Crippen LogP contribution in [0.4, 0.5) is 17.8 Å². The number of hydrogen-bond donors (Lipinski definition) is 3. The maximum Gasteiger partial charge on any atom is 0.243 e. The van der Waals surface area contributed by atoms with Gasteiger partial charge in [0.15, 0.2) is 0 Å². The lowest BCUT2D eigenvalue weighted by atomic mass is 9.98. The molecule has 19 heavy (non-hydrogen) atoms. The van der Waals surface area contributed by atoms with E-state index in [4.69, 9.17) is 5.84 Å². The summed E-state index contributed by atoms with van der Waals surface area (Å²) in [6.07, 6.45) is 2.39. The summed E-state index contributed by atoms with van der Waals surface area (Å²) >= 11 is 0. The molecule has 0 radical (unpaired) electrons. The predicted octanol–water partition coefficient (Wildman–Crippen LogP) is 1.07. The number of nitrogens with zero attached hydrogens (tertiary/aromatic N) is 4. The predicted molar refractivity (Wildman–Crippen MR) is 76.9 cm³/mol. The number of anilines is 3. The molecule has 0 aromatic carbocycles. The highest BCUT2D eigenvalue weighted by atomic mass is 15.4. The average Bonchev–Trinajstić information content (AvgIpc) is 2.70. The fourth-order valence-corrected chi connectivity index (χ4v) is 2.43. The highest BCUT2D eigenvalue weighted by Gasteiger charge is 2.30. The Morgan fingerprint density at radius 3 is 2.32 bits per heavy atom. The zero-order chi connectivity index (χ0) is 14.0. The first kappa shape index (κ1) is 13.8. The molecule has 7 heteroatoms. The lowest BCUT2D eigenvalue weighted by molar-refractivity contribution is 0.434. The molecule has 0 spiro atoms. The molecule has 0 aliphatic heterocycles. The first-order chi connectivity index (χ1) is 9.01. The number of aromatic nitrogens is 3. The molecule has 1 heterocycles. The third-order valence-corrected chi connectivity index (χ3v) is 3.93. The summed E-state index contributed by atoms with van der Waals surface area (Å²) in [5.74, 6) is 8.29. The van der Waals surface area contributed by atoms with Crippen LogP contribution in [-0.4, -0.2) is 35.1 Å². The summed E-state index contributed by atoms with van der Waals surface area (Å²) in [5.41, 5.74) is 2.48. The van der Waals surface area contributed by atoms with E-state index in [1.807, 2.05) is 19.0 Å². The van der Waals surface area contributed by atoms with Gasteiger partial charge >= 0.3 is 0 Å². The van der Waals surface area contributed by atoms with Crippen molar-refractivity contribution in [2.75, 3.05) is 29.7 Å². The van der Waals surface area contributed by atoms with Gasteiger partial charge in [0.05, 0.1) is 0 Å². The Labute approximate surface area is 114 Å². The van der Waals surface area contributed by atoms with Crippen molar-refractivity contribution < 1.29 is 0 Å². The SMILES string of the molecule is CC1CCC(Nc2nc(NN)nc(N(C)C)n2)C1C. The highest BCUT2D eigenvalue weighted by molar-refractivity contribution is 5.43. The van der Waals surface area contributed by atoms with Gasteiger partial charge in [0, 0.05) is 20.1 Å². The van der Waals surface area contributed by atoms with E-state index >= 15 is 0 Å². The molecule has 0 bridgehead atoms. The van der Waals surface area contributed by atoms with Crippen molar-refractivity contribution in [2.45, 2.75) is 32.7 Å². The van der Waals surface area contributed by atoms with Crippen LogP contribution < -0.4 is 21.5 Å². The first-order valence-electron chi connectivity index (χ1n) is 6.67. The van der Waals surface area contributed by atoms with Crippen molar-refractivity contribution in [1.82, 2.24) is 15.0 Å². The second-order valence-corrected chi connectivity index (χ2v) is 5.49. The van der Waals surface area contributed by atoms with E-state index in [9.17, 15) is 0 Å². The summed E-state index contributed by atoms with van der Waals surface area (Å²) in [7, 11) is 3.78. The van der Waals surface area contributed by atoms with Crippen molar-refractivity contribution in [3.63, 3.8) is 0 Å². The normalized spacial score (nSPS) is 26.3. The third-order valence-electron chi connectivity index (χ3n) is 3.93. The Hall–Kier alpha value is -1.63. The zero-order valence-corrected chi connectivity index (χ0v) is 12.0. The monoisotopic (exact) mass is 265 g/mol. The van der Waals surface area contributed by atoms with Crippen molar-refractivity contribution >= 4 is 17.8 Å². The minimum absolute atomic E-state index is 0.375. The number of rotatable bonds is 4. The van der Waals surface area contributed by atoms with Gasteiger partial charge in [0.1, 0.15) is 0 Å². The van der Waals surface area contributed by atoms with Crippen LogP contribution in [0.2, 0.25) is 0 Å². The summed E-state index contributed by atoms with van der Waals surface area (Å²) < 4.78 is 0. The van der Waals surface area contributed by atoms with Crippen molar-refractivity contribution in [3.05, 3.63) is 0 Å². The molecule has 1 aromatic rings. The Morgan fingerprint density at radius 1 is 1.11 bits per heavy atom. The number of nitrogens with two attached hydrogens (primary N) is 1. The van der Waals surface area contributed by atoms with E-state index in [0.29, 0.717) is 29.8 Å². The molecular weight excluding hydrogens is 242 g/mol. The van der Waals surface area contributed by atoms with E-state index in [1.165, 1.54) is 6.42 Å². The van der Waals surface area contributed by atoms with Gasteiger partial charge < -0.3 is 10.2 Å². The Kier molecular flexibility index (Phi) is 4.04. The molecule has 3 unspecified atom stereocenters. The van der Waals surface area contributed by atoms with Gasteiger partial charge in [0.25, 0.3) is 0 Å². The quantitative estimate of drug-likeness (QED) is 0.554. The second-order valence-electron chi connectivity index (χ2n) is 5.49. The van der Waals surface area contributed by atoms with Crippen molar-refractivity contribution in [3.8, 4) is 0 Å². The van der Waals surface area contributed by atoms with Gasteiger partial charge in [-0.25, -0.2) is 5.84 Å². The van der Waals surface area contributed by atoms with Crippen LogP contribution in [0.5, 0.6) is 0 Å². The molecule has 106 valence electrons. The summed E-state index contributed by atoms with van der Waals surface area (Å²) in [5, 5.41) is 3.41. The molecule has 1 aliphatic carbocycles. The molecule has 4 N–H and O–H groups in total. The van der Waals surface area contributed by atoms with E-state index < -0.39 is 0 Å². The van der Waals surface area contributed by atoms with Crippen molar-refractivity contribution in [1.29, 1.82) is 0 Å². The fraction of sp³-hybridized carbons (Fsp3) is 0.750. The maximum atomic E-state index is 5.40. The topological polar surface area (TPSA) is 92.0 Å². The minimum atomic E-state index is 0.375. The lowest BCUT2D eigenvalue weighted by Crippen LogP contribution is -2.26. The standard InChI is InChI=1S/C12H23N7/c1-7-5-6-9(8(7)2)14-10-15-11(18-13)17-12(16-10)19(3)4/h7-9H,5-6,13H2,1-4H3,(H2,14,15,16,17,18). The summed E-state index contributed by atoms with van der Waals surface area (Å²) in [6, 6.07) is 0.415. The molecule has 1 aromatic heterocycles. The summed E-state index contributed by atoms with van der Waals surface area (Å²) in [6.45, 7) is 4.56. The van der Waals surface area contributed by atoms with Gasteiger partial charge in [-0.1, -0.05) is 13.8 Å². The smallest absolute Gasteiger partial charge is 0.243 e. The van der Waals surface area contributed by atoms with Crippen molar-refractivity contribution in [2.24, 2.45) is 17.7 Å². The van der Waals surface area contributed by atoms with Crippen LogP contribution in [0.3, 0.4) is 0 Å². The molecule has 2 rings (SSSR count). The highest BCUT2D eigenvalue weighted by Crippen LogP contribution is 2.32. The first-order valence-corrected chi connectivity index (χ1v) is 6.67. The molecule has 1 fully saturated rings. The number of hydrogen-bond acceptors (Lipinski definition) is 7. The van der Waals surface area contributed by atoms with E-state index in [0.717, 1.165) is 12.3 Å². The maximum absolute atomic E-state index is 5.40. The lowest BCUT2D eigenvalue weighted by Gasteiger charge is -2.20.